The van der Waals surface area contributed by atoms with E-state index in [0.717, 1.165) is 24.7 Å². The molecule has 1 atom stereocenters. The summed E-state index contributed by atoms with van der Waals surface area (Å²) in [7, 11) is 0. The van der Waals surface area contributed by atoms with Crippen molar-refractivity contribution in [2.75, 3.05) is 11.9 Å². The highest BCUT2D eigenvalue weighted by molar-refractivity contribution is 5.48. The Bertz CT molecular complexity index is 371. The second-order valence-corrected chi connectivity index (χ2v) is 5.71. The van der Waals surface area contributed by atoms with Crippen LogP contribution in [-0.4, -0.2) is 12.6 Å². The average molecular weight is 261 g/mol. The molecule has 1 aliphatic carbocycles. The van der Waals surface area contributed by atoms with Crippen LogP contribution in [0.4, 0.5) is 5.69 Å². The molecular formula is C17H27NO. The third kappa shape index (κ3) is 4.45. The Balaban J connectivity index is 1.90. The standard InChI is InChI=1S/C17H27NO/c1-3-12-19-17-11-7-10-16(13-17)18-14(2)15-8-5-4-6-9-15/h7,10-11,13-15,18H,3-6,8-9,12H2,1-2H3. The topological polar surface area (TPSA) is 21.3 Å². The molecule has 0 aliphatic heterocycles. The number of ether oxygens (including phenoxy) is 1. The van der Waals surface area contributed by atoms with Crippen molar-refractivity contribution in [3.05, 3.63) is 24.3 Å². The Morgan fingerprint density at radius 3 is 2.79 bits per heavy atom. The van der Waals surface area contributed by atoms with E-state index >= 15 is 0 Å². The number of hydrogen-bond donors (Lipinski definition) is 1. The van der Waals surface area contributed by atoms with Gasteiger partial charge in [-0.05, 0) is 44.2 Å². The van der Waals surface area contributed by atoms with Gasteiger partial charge in [-0.15, -0.1) is 0 Å². The summed E-state index contributed by atoms with van der Waals surface area (Å²) in [6, 6.07) is 8.92. The minimum atomic E-state index is 0.557. The molecule has 2 nitrogen and oxygen atoms in total. The Morgan fingerprint density at radius 1 is 1.26 bits per heavy atom. The first kappa shape index (κ1) is 14.2. The molecule has 1 aromatic rings. The van der Waals surface area contributed by atoms with Crippen molar-refractivity contribution in [3.8, 4) is 5.75 Å². The van der Waals surface area contributed by atoms with E-state index in [9.17, 15) is 0 Å². The van der Waals surface area contributed by atoms with Crippen molar-refractivity contribution in [2.45, 2.75) is 58.4 Å². The summed E-state index contributed by atoms with van der Waals surface area (Å²) >= 11 is 0. The molecule has 0 saturated heterocycles. The van der Waals surface area contributed by atoms with Gasteiger partial charge in [0.1, 0.15) is 5.75 Å². The minimum Gasteiger partial charge on any atom is -0.494 e. The molecular weight excluding hydrogens is 234 g/mol. The lowest BCUT2D eigenvalue weighted by Gasteiger charge is -2.29. The first-order chi connectivity index (χ1) is 9.29. The van der Waals surface area contributed by atoms with Gasteiger partial charge in [0.2, 0.25) is 0 Å². The normalized spacial score (nSPS) is 18.0. The SMILES string of the molecule is CCCOc1cccc(NC(C)C2CCCCC2)c1. The van der Waals surface area contributed by atoms with Gasteiger partial charge in [0, 0.05) is 17.8 Å². The highest BCUT2D eigenvalue weighted by Crippen LogP contribution is 2.28. The lowest BCUT2D eigenvalue weighted by molar-refractivity contribution is 0.317. The summed E-state index contributed by atoms with van der Waals surface area (Å²) < 4.78 is 5.68. The fraction of sp³-hybridized carbons (Fsp3) is 0.647. The number of hydrogen-bond acceptors (Lipinski definition) is 2. The second kappa shape index (κ2) is 7.42. The Hall–Kier alpha value is -1.18. The lowest BCUT2D eigenvalue weighted by Crippen LogP contribution is -2.27. The monoisotopic (exact) mass is 261 g/mol. The van der Waals surface area contributed by atoms with Crippen molar-refractivity contribution in [3.63, 3.8) is 0 Å². The number of rotatable bonds is 6. The maximum Gasteiger partial charge on any atom is 0.121 e. The highest BCUT2D eigenvalue weighted by Gasteiger charge is 2.19. The summed E-state index contributed by atoms with van der Waals surface area (Å²) in [6.45, 7) is 5.24. The fourth-order valence-electron chi connectivity index (χ4n) is 2.91. The molecule has 106 valence electrons. The summed E-state index contributed by atoms with van der Waals surface area (Å²) in [5.41, 5.74) is 1.19. The molecule has 0 radical (unpaired) electrons. The largest absolute Gasteiger partial charge is 0.494 e. The number of benzene rings is 1. The molecule has 0 bridgehead atoms. The van der Waals surface area contributed by atoms with E-state index in [2.05, 4.69) is 37.4 Å². The lowest BCUT2D eigenvalue weighted by atomic mass is 9.84. The van der Waals surface area contributed by atoms with Crippen LogP contribution in [0.25, 0.3) is 0 Å². The van der Waals surface area contributed by atoms with Crippen LogP contribution in [-0.2, 0) is 0 Å². The molecule has 0 spiro atoms. The van der Waals surface area contributed by atoms with Gasteiger partial charge in [-0.2, -0.15) is 0 Å². The van der Waals surface area contributed by atoms with E-state index in [1.54, 1.807) is 0 Å². The summed E-state index contributed by atoms with van der Waals surface area (Å²) in [4.78, 5) is 0. The van der Waals surface area contributed by atoms with Crippen LogP contribution in [0, 0.1) is 5.92 Å². The molecule has 1 fully saturated rings. The van der Waals surface area contributed by atoms with Crippen molar-refractivity contribution >= 4 is 5.69 Å². The van der Waals surface area contributed by atoms with E-state index in [1.165, 1.54) is 37.8 Å². The van der Waals surface area contributed by atoms with Crippen molar-refractivity contribution in [1.82, 2.24) is 0 Å². The third-order valence-electron chi connectivity index (χ3n) is 4.06. The second-order valence-electron chi connectivity index (χ2n) is 5.71. The summed E-state index contributed by atoms with van der Waals surface area (Å²) in [5, 5.41) is 3.65. The number of anilines is 1. The molecule has 19 heavy (non-hydrogen) atoms. The van der Waals surface area contributed by atoms with E-state index in [0.29, 0.717) is 6.04 Å². The van der Waals surface area contributed by atoms with E-state index in [4.69, 9.17) is 4.74 Å². The van der Waals surface area contributed by atoms with Crippen molar-refractivity contribution in [2.24, 2.45) is 5.92 Å². The van der Waals surface area contributed by atoms with E-state index in [-0.39, 0.29) is 0 Å². The maximum absolute atomic E-state index is 5.68. The average Bonchev–Trinajstić information content (AvgIpc) is 2.46. The van der Waals surface area contributed by atoms with Crippen LogP contribution in [0.15, 0.2) is 24.3 Å². The fourth-order valence-corrected chi connectivity index (χ4v) is 2.91. The summed E-state index contributed by atoms with van der Waals surface area (Å²) in [6.07, 6.45) is 8.02. The Morgan fingerprint density at radius 2 is 2.05 bits per heavy atom. The molecule has 1 aliphatic rings. The Kier molecular flexibility index (Phi) is 5.56. The van der Waals surface area contributed by atoms with Gasteiger partial charge in [0.05, 0.1) is 6.61 Å². The predicted molar refractivity (Wildman–Crippen MR) is 81.9 cm³/mol. The van der Waals surface area contributed by atoms with E-state index in [1.807, 2.05) is 6.07 Å². The predicted octanol–water partition coefficient (Wildman–Crippen LogP) is 4.86. The first-order valence-electron chi connectivity index (χ1n) is 7.79. The van der Waals surface area contributed by atoms with Crippen LogP contribution >= 0.6 is 0 Å². The molecule has 1 aromatic carbocycles. The highest BCUT2D eigenvalue weighted by atomic mass is 16.5. The van der Waals surface area contributed by atoms with Gasteiger partial charge in [0.25, 0.3) is 0 Å². The maximum atomic E-state index is 5.68. The van der Waals surface area contributed by atoms with Gasteiger partial charge in [-0.3, -0.25) is 0 Å². The minimum absolute atomic E-state index is 0.557. The zero-order chi connectivity index (χ0) is 13.5. The molecule has 1 N–H and O–H groups in total. The molecule has 0 amide bonds. The van der Waals surface area contributed by atoms with Crippen LogP contribution in [0.3, 0.4) is 0 Å². The van der Waals surface area contributed by atoms with Gasteiger partial charge in [0.15, 0.2) is 0 Å². The van der Waals surface area contributed by atoms with Crippen LogP contribution in [0.2, 0.25) is 0 Å². The zero-order valence-corrected chi connectivity index (χ0v) is 12.3. The smallest absolute Gasteiger partial charge is 0.121 e. The van der Waals surface area contributed by atoms with Crippen LogP contribution in [0.1, 0.15) is 52.4 Å². The van der Waals surface area contributed by atoms with Crippen molar-refractivity contribution in [1.29, 1.82) is 0 Å². The molecule has 0 aromatic heterocycles. The summed E-state index contributed by atoms with van der Waals surface area (Å²) in [5.74, 6) is 1.80. The molecule has 1 saturated carbocycles. The number of nitrogens with one attached hydrogen (secondary N) is 1. The zero-order valence-electron chi connectivity index (χ0n) is 12.3. The molecule has 2 rings (SSSR count). The van der Waals surface area contributed by atoms with E-state index < -0.39 is 0 Å². The Labute approximate surface area is 117 Å². The van der Waals surface area contributed by atoms with Gasteiger partial charge in [-0.1, -0.05) is 32.3 Å². The van der Waals surface area contributed by atoms with Crippen LogP contribution in [0.5, 0.6) is 5.75 Å². The van der Waals surface area contributed by atoms with Crippen molar-refractivity contribution < 1.29 is 4.74 Å². The van der Waals surface area contributed by atoms with Crippen LogP contribution < -0.4 is 10.1 Å². The molecule has 2 heteroatoms. The van der Waals surface area contributed by atoms with Gasteiger partial charge >= 0.3 is 0 Å². The third-order valence-corrected chi connectivity index (χ3v) is 4.06. The van der Waals surface area contributed by atoms with Gasteiger partial charge in [-0.25, -0.2) is 0 Å². The molecule has 0 heterocycles. The first-order valence-corrected chi connectivity index (χ1v) is 7.79. The molecule has 1 unspecified atom stereocenters. The van der Waals surface area contributed by atoms with Gasteiger partial charge < -0.3 is 10.1 Å². The quantitative estimate of drug-likeness (QED) is 0.790.